The molecule has 0 spiro atoms. The van der Waals surface area contributed by atoms with Gasteiger partial charge in [0.1, 0.15) is 5.00 Å². The Morgan fingerprint density at radius 3 is 2.71 bits per heavy atom. The van der Waals surface area contributed by atoms with Crippen molar-refractivity contribution in [1.82, 2.24) is 9.80 Å². The highest BCUT2D eigenvalue weighted by Crippen LogP contribution is 2.38. The second-order valence-electron chi connectivity index (χ2n) is 6.14. The predicted octanol–water partition coefficient (Wildman–Crippen LogP) is 2.32. The average molecular weight is 351 g/mol. The van der Waals surface area contributed by atoms with Crippen LogP contribution in [0.1, 0.15) is 34.6 Å². The second kappa shape index (κ2) is 7.81. The van der Waals surface area contributed by atoms with Crippen LogP contribution in [0.25, 0.3) is 0 Å². The third kappa shape index (κ3) is 4.15. The number of anilines is 1. The minimum atomic E-state index is -0.313. The van der Waals surface area contributed by atoms with Gasteiger partial charge in [-0.25, -0.2) is 4.79 Å². The number of likely N-dealkylation sites (N-methyl/N-ethyl adjacent to an activating group) is 1. The van der Waals surface area contributed by atoms with Crippen LogP contribution in [0.4, 0.5) is 5.00 Å². The number of esters is 1. The molecule has 1 aromatic rings. The van der Waals surface area contributed by atoms with Gasteiger partial charge in [0, 0.05) is 17.1 Å². The Morgan fingerprint density at radius 2 is 2.12 bits per heavy atom. The van der Waals surface area contributed by atoms with Crippen molar-refractivity contribution in [3.8, 4) is 0 Å². The quantitative estimate of drug-likeness (QED) is 0.797. The second-order valence-corrected chi connectivity index (χ2v) is 7.24. The van der Waals surface area contributed by atoms with E-state index in [2.05, 4.69) is 11.9 Å². The minimum Gasteiger partial charge on any atom is -0.462 e. The summed E-state index contributed by atoms with van der Waals surface area (Å²) in [6.45, 7) is 9.38. The van der Waals surface area contributed by atoms with E-state index in [-0.39, 0.29) is 11.9 Å². The Kier molecular flexibility index (Phi) is 6.01. The highest BCUT2D eigenvalue weighted by molar-refractivity contribution is 7.16. The van der Waals surface area contributed by atoms with Crippen LogP contribution in [-0.4, -0.2) is 55.5 Å². The monoisotopic (exact) mass is 351 g/mol. The molecule has 1 aromatic heterocycles. The molecule has 0 bridgehead atoms. The Labute approximate surface area is 147 Å². The van der Waals surface area contributed by atoms with E-state index in [0.29, 0.717) is 38.2 Å². The molecule has 0 aromatic carbocycles. The summed E-state index contributed by atoms with van der Waals surface area (Å²) in [6.07, 6.45) is 0.664. The van der Waals surface area contributed by atoms with Gasteiger partial charge in [-0.05, 0) is 39.9 Å². The Balaban J connectivity index is 2.29. The molecular formula is C17H25N3O3S. The van der Waals surface area contributed by atoms with Crippen LogP contribution < -0.4 is 5.32 Å². The number of nitrogens with zero attached hydrogens (tertiary/aromatic N) is 2. The van der Waals surface area contributed by atoms with Crippen molar-refractivity contribution >= 4 is 28.2 Å². The molecule has 0 saturated heterocycles. The van der Waals surface area contributed by atoms with Gasteiger partial charge in [-0.1, -0.05) is 6.58 Å². The van der Waals surface area contributed by atoms with Gasteiger partial charge < -0.3 is 19.9 Å². The van der Waals surface area contributed by atoms with Gasteiger partial charge in [-0.2, -0.15) is 0 Å². The summed E-state index contributed by atoms with van der Waals surface area (Å²) in [5.74, 6) is -0.210. The fraction of sp³-hybridized carbons (Fsp3) is 0.529. The first-order valence-electron chi connectivity index (χ1n) is 8.00. The average Bonchev–Trinajstić information content (AvgIpc) is 2.82. The summed E-state index contributed by atoms with van der Waals surface area (Å²) in [5.41, 5.74) is 2.36. The predicted molar refractivity (Wildman–Crippen MR) is 96.4 cm³/mol. The Morgan fingerprint density at radius 1 is 1.42 bits per heavy atom. The van der Waals surface area contributed by atoms with E-state index in [1.807, 2.05) is 30.8 Å². The lowest BCUT2D eigenvalue weighted by atomic mass is 10.0. The standard InChI is InChI=1S/C17H25N3O3S/c1-6-23-17(22)15-12-7-8-20(14(21)10-19(4)5)9-13(12)24-16(15)18-11(2)3/h18H,2,6-10H2,1,3-5H3. The van der Waals surface area contributed by atoms with Crippen molar-refractivity contribution in [2.24, 2.45) is 0 Å². The molecule has 1 aliphatic rings. The smallest absolute Gasteiger partial charge is 0.341 e. The minimum absolute atomic E-state index is 0.103. The number of fused-ring (bicyclic) bond motifs is 1. The molecule has 2 rings (SSSR count). The van der Waals surface area contributed by atoms with Gasteiger partial charge in [0.05, 0.1) is 25.3 Å². The summed E-state index contributed by atoms with van der Waals surface area (Å²) in [5, 5.41) is 3.92. The zero-order valence-electron chi connectivity index (χ0n) is 14.8. The number of hydrogen-bond donors (Lipinski definition) is 1. The first-order valence-corrected chi connectivity index (χ1v) is 8.81. The van der Waals surface area contributed by atoms with Crippen molar-refractivity contribution < 1.29 is 14.3 Å². The van der Waals surface area contributed by atoms with Crippen LogP contribution in [0.5, 0.6) is 0 Å². The number of thiophene rings is 1. The lowest BCUT2D eigenvalue weighted by Crippen LogP contribution is -2.40. The van der Waals surface area contributed by atoms with Crippen molar-refractivity contribution in [2.75, 3.05) is 39.1 Å². The summed E-state index contributed by atoms with van der Waals surface area (Å²) in [4.78, 5) is 29.4. The molecule has 0 atom stereocenters. The fourth-order valence-corrected chi connectivity index (χ4v) is 4.02. The van der Waals surface area contributed by atoms with Crippen molar-refractivity contribution in [3.63, 3.8) is 0 Å². The van der Waals surface area contributed by atoms with E-state index < -0.39 is 0 Å². The van der Waals surface area contributed by atoms with Gasteiger partial charge in [0.25, 0.3) is 0 Å². The Hall–Kier alpha value is -1.86. The van der Waals surface area contributed by atoms with Gasteiger partial charge >= 0.3 is 5.97 Å². The van der Waals surface area contributed by atoms with Crippen molar-refractivity contribution in [3.05, 3.63) is 28.3 Å². The molecule has 0 fully saturated rings. The molecule has 0 saturated carbocycles. The van der Waals surface area contributed by atoms with Crippen LogP contribution in [0, 0.1) is 0 Å². The van der Waals surface area contributed by atoms with E-state index in [1.165, 1.54) is 11.3 Å². The van der Waals surface area contributed by atoms with E-state index in [4.69, 9.17) is 4.74 Å². The molecule has 6 nitrogen and oxygen atoms in total. The third-order valence-corrected chi connectivity index (χ3v) is 4.80. The molecular weight excluding hydrogens is 326 g/mol. The number of hydrogen-bond acceptors (Lipinski definition) is 6. The zero-order chi connectivity index (χ0) is 17.9. The zero-order valence-corrected chi connectivity index (χ0v) is 15.6. The highest BCUT2D eigenvalue weighted by Gasteiger charge is 2.30. The number of ether oxygens (including phenoxy) is 1. The topological polar surface area (TPSA) is 61.9 Å². The lowest BCUT2D eigenvalue weighted by Gasteiger charge is -2.28. The van der Waals surface area contributed by atoms with E-state index in [9.17, 15) is 9.59 Å². The number of rotatable bonds is 6. The first kappa shape index (κ1) is 18.5. The SMILES string of the molecule is C=C(C)Nc1sc2c(c1C(=O)OCC)CCN(C(=O)CN(C)C)C2. The van der Waals surface area contributed by atoms with Gasteiger partial charge in [0.2, 0.25) is 5.91 Å². The molecule has 0 unspecified atom stereocenters. The third-order valence-electron chi connectivity index (χ3n) is 3.67. The molecule has 1 amide bonds. The van der Waals surface area contributed by atoms with E-state index in [1.54, 1.807) is 6.92 Å². The van der Waals surface area contributed by atoms with E-state index >= 15 is 0 Å². The van der Waals surface area contributed by atoms with Gasteiger partial charge in [0.15, 0.2) is 0 Å². The number of amides is 1. The van der Waals surface area contributed by atoms with Gasteiger partial charge in [-0.3, -0.25) is 4.79 Å². The van der Waals surface area contributed by atoms with Gasteiger partial charge in [-0.15, -0.1) is 11.3 Å². The van der Waals surface area contributed by atoms with Crippen molar-refractivity contribution in [2.45, 2.75) is 26.8 Å². The lowest BCUT2D eigenvalue weighted by molar-refractivity contribution is -0.132. The molecule has 7 heteroatoms. The van der Waals surface area contributed by atoms with Crippen LogP contribution in [0.2, 0.25) is 0 Å². The molecule has 24 heavy (non-hydrogen) atoms. The number of nitrogens with one attached hydrogen (secondary N) is 1. The van der Waals surface area contributed by atoms with Crippen LogP contribution in [-0.2, 0) is 22.5 Å². The maximum atomic E-state index is 12.4. The highest BCUT2D eigenvalue weighted by atomic mass is 32.1. The molecule has 1 aliphatic heterocycles. The first-order chi connectivity index (χ1) is 11.3. The van der Waals surface area contributed by atoms with Crippen LogP contribution in [0.15, 0.2) is 12.3 Å². The Bertz CT molecular complexity index is 652. The maximum Gasteiger partial charge on any atom is 0.341 e. The number of allylic oxidation sites excluding steroid dienone is 1. The summed E-state index contributed by atoms with van der Waals surface area (Å²) in [6, 6.07) is 0. The van der Waals surface area contributed by atoms with Crippen molar-refractivity contribution in [1.29, 1.82) is 0 Å². The van der Waals surface area contributed by atoms with Crippen LogP contribution >= 0.6 is 11.3 Å². The van der Waals surface area contributed by atoms with Crippen LogP contribution in [0.3, 0.4) is 0 Å². The summed E-state index contributed by atoms with van der Waals surface area (Å²) < 4.78 is 5.21. The summed E-state index contributed by atoms with van der Waals surface area (Å²) in [7, 11) is 3.76. The van der Waals surface area contributed by atoms with E-state index in [0.717, 1.165) is 21.1 Å². The molecule has 0 radical (unpaired) electrons. The maximum absolute atomic E-state index is 12.4. The molecule has 1 N–H and O–H groups in total. The normalized spacial score (nSPS) is 13.6. The largest absolute Gasteiger partial charge is 0.462 e. The molecule has 0 aliphatic carbocycles. The number of carbonyl (C=O) groups excluding carboxylic acids is 2. The fourth-order valence-electron chi connectivity index (χ4n) is 2.69. The molecule has 2 heterocycles. The summed E-state index contributed by atoms with van der Waals surface area (Å²) >= 11 is 1.50. The molecule has 132 valence electrons. The number of carbonyl (C=O) groups is 2.